The second kappa shape index (κ2) is 7.50. The van der Waals surface area contributed by atoms with E-state index >= 15 is 0 Å². The van der Waals surface area contributed by atoms with E-state index in [1.807, 2.05) is 0 Å². The third-order valence-corrected chi connectivity index (χ3v) is 4.83. The van der Waals surface area contributed by atoms with Crippen molar-refractivity contribution < 1.29 is 22.7 Å². The number of aromatic nitrogens is 3. The number of hydrogen-bond donors (Lipinski definition) is 1. The second-order valence-electron chi connectivity index (χ2n) is 6.78. The largest absolute Gasteiger partial charge is 0.507 e. The van der Waals surface area contributed by atoms with Gasteiger partial charge in [0.05, 0.1) is 22.2 Å². The minimum atomic E-state index is -4.90. The van der Waals surface area contributed by atoms with Crippen molar-refractivity contribution in [1.29, 1.82) is 0 Å². The Morgan fingerprint density at radius 1 is 1.10 bits per heavy atom. The number of fused-ring (bicyclic) bond motifs is 1. The average Bonchev–Trinajstić information content (AvgIpc) is 2.72. The molecule has 1 N–H and O–H groups in total. The van der Waals surface area contributed by atoms with Crippen LogP contribution in [0.5, 0.6) is 5.75 Å². The monoisotopic (exact) mass is 429 g/mol. The maximum atomic E-state index is 13.9. The minimum Gasteiger partial charge on any atom is -0.507 e. The molecule has 0 saturated heterocycles. The molecule has 0 bridgehead atoms. The lowest BCUT2D eigenvalue weighted by atomic mass is 10.1. The van der Waals surface area contributed by atoms with Gasteiger partial charge in [-0.15, -0.1) is 0 Å². The first-order valence-electron chi connectivity index (χ1n) is 9.28. The Morgan fingerprint density at radius 3 is 2.48 bits per heavy atom. The first-order valence-corrected chi connectivity index (χ1v) is 9.28. The highest BCUT2D eigenvalue weighted by Crippen LogP contribution is 2.35. The number of pyridine rings is 1. The number of benzene rings is 2. The molecular formula is C22H15F4N3O2. The summed E-state index contributed by atoms with van der Waals surface area (Å²) in [4.78, 5) is 21.3. The van der Waals surface area contributed by atoms with Crippen molar-refractivity contribution in [3.63, 3.8) is 0 Å². The van der Waals surface area contributed by atoms with Crippen LogP contribution in [0.3, 0.4) is 0 Å². The molecule has 158 valence electrons. The van der Waals surface area contributed by atoms with Crippen molar-refractivity contribution in [1.82, 2.24) is 14.5 Å². The molecule has 0 radical (unpaired) electrons. The fourth-order valence-electron chi connectivity index (χ4n) is 3.41. The summed E-state index contributed by atoms with van der Waals surface area (Å²) in [6.07, 6.45) is -3.58. The van der Waals surface area contributed by atoms with Gasteiger partial charge in [0.1, 0.15) is 11.6 Å². The van der Waals surface area contributed by atoms with Gasteiger partial charge in [-0.25, -0.2) is 9.37 Å². The first kappa shape index (κ1) is 20.5. The lowest BCUT2D eigenvalue weighted by molar-refractivity contribution is -0.139. The number of hydrogen-bond acceptors (Lipinski definition) is 4. The summed E-state index contributed by atoms with van der Waals surface area (Å²) >= 11 is 0. The van der Waals surface area contributed by atoms with Crippen LogP contribution in [-0.2, 0) is 12.6 Å². The van der Waals surface area contributed by atoms with Crippen LogP contribution in [0.2, 0.25) is 0 Å². The molecule has 2 heterocycles. The van der Waals surface area contributed by atoms with Crippen LogP contribution in [0.1, 0.15) is 18.2 Å². The number of phenols is 1. The summed E-state index contributed by atoms with van der Waals surface area (Å²) in [5, 5.41) is 9.63. The molecule has 0 saturated carbocycles. The Bertz CT molecular complexity index is 1360. The highest BCUT2D eigenvalue weighted by molar-refractivity contribution is 5.86. The molecule has 5 nitrogen and oxygen atoms in total. The molecule has 4 aromatic rings. The Labute approximate surface area is 173 Å². The Balaban J connectivity index is 2.25. The van der Waals surface area contributed by atoms with E-state index in [0.717, 1.165) is 22.9 Å². The van der Waals surface area contributed by atoms with Crippen molar-refractivity contribution in [3.05, 3.63) is 82.2 Å². The van der Waals surface area contributed by atoms with E-state index in [4.69, 9.17) is 0 Å². The third kappa shape index (κ3) is 3.52. The number of halogens is 4. The van der Waals surface area contributed by atoms with Gasteiger partial charge in [-0.3, -0.25) is 14.3 Å². The second-order valence-corrected chi connectivity index (χ2v) is 6.78. The summed E-state index contributed by atoms with van der Waals surface area (Å²) < 4.78 is 55.8. The molecule has 2 aromatic heterocycles. The Morgan fingerprint density at radius 2 is 1.84 bits per heavy atom. The highest BCUT2D eigenvalue weighted by atomic mass is 19.4. The topological polar surface area (TPSA) is 68.0 Å². The van der Waals surface area contributed by atoms with Crippen LogP contribution in [-0.4, -0.2) is 19.6 Å². The van der Waals surface area contributed by atoms with E-state index in [1.165, 1.54) is 24.3 Å². The lowest BCUT2D eigenvalue weighted by Crippen LogP contribution is -2.26. The summed E-state index contributed by atoms with van der Waals surface area (Å²) in [6.45, 7) is 1.70. The van der Waals surface area contributed by atoms with Gasteiger partial charge in [0.25, 0.3) is 5.56 Å². The maximum absolute atomic E-state index is 13.9. The summed E-state index contributed by atoms with van der Waals surface area (Å²) in [6, 6.07) is 10.8. The van der Waals surface area contributed by atoms with Gasteiger partial charge in [-0.05, 0) is 42.3 Å². The first-order chi connectivity index (χ1) is 14.7. The van der Waals surface area contributed by atoms with Gasteiger partial charge >= 0.3 is 6.18 Å². The summed E-state index contributed by atoms with van der Waals surface area (Å²) in [5.41, 5.74) is -2.19. The molecular weight excluding hydrogens is 414 g/mol. The van der Waals surface area contributed by atoms with Gasteiger partial charge in [0.2, 0.25) is 0 Å². The van der Waals surface area contributed by atoms with Gasteiger partial charge in [-0.2, -0.15) is 13.2 Å². The molecule has 31 heavy (non-hydrogen) atoms. The molecule has 2 aromatic carbocycles. The molecule has 0 atom stereocenters. The number of phenolic OH excluding ortho intramolecular Hbond substituents is 1. The zero-order chi connectivity index (χ0) is 22.3. The fraction of sp³-hybridized carbons (Fsp3) is 0.136. The van der Waals surface area contributed by atoms with Crippen molar-refractivity contribution in [2.75, 3.05) is 0 Å². The number of aryl methyl sites for hydroxylation is 1. The third-order valence-electron chi connectivity index (χ3n) is 4.83. The van der Waals surface area contributed by atoms with Crippen LogP contribution < -0.4 is 5.56 Å². The quantitative estimate of drug-likeness (QED) is 0.472. The van der Waals surface area contributed by atoms with Crippen LogP contribution in [0.4, 0.5) is 17.6 Å². The predicted octanol–water partition coefficient (Wildman–Crippen LogP) is 4.87. The van der Waals surface area contributed by atoms with E-state index in [9.17, 15) is 27.5 Å². The molecule has 0 spiro atoms. The van der Waals surface area contributed by atoms with E-state index in [2.05, 4.69) is 9.97 Å². The normalized spacial score (nSPS) is 11.8. The molecule has 0 unspecified atom stereocenters. The predicted molar refractivity (Wildman–Crippen MR) is 107 cm³/mol. The summed E-state index contributed by atoms with van der Waals surface area (Å²) in [7, 11) is 0. The Hall–Kier alpha value is -3.75. The van der Waals surface area contributed by atoms with Gasteiger partial charge < -0.3 is 5.11 Å². The maximum Gasteiger partial charge on any atom is 0.434 e. The molecule has 0 aliphatic heterocycles. The van der Waals surface area contributed by atoms with Crippen LogP contribution in [0.25, 0.3) is 28.0 Å². The van der Waals surface area contributed by atoms with Gasteiger partial charge in [0.15, 0.2) is 11.5 Å². The van der Waals surface area contributed by atoms with Crippen molar-refractivity contribution in [2.24, 2.45) is 0 Å². The number of alkyl halides is 3. The van der Waals surface area contributed by atoms with Crippen molar-refractivity contribution in [3.8, 4) is 22.8 Å². The smallest absolute Gasteiger partial charge is 0.434 e. The molecule has 0 fully saturated rings. The standard InChI is InChI=1S/C22H15F4N3O2/c1-2-12-11-27-19(22(24,25)26)17-18(12)28-20(15-8-3-4-9-16(15)30)29(21(17)31)14-7-5-6-13(23)10-14/h3-11,30H,2H2,1H3. The minimum absolute atomic E-state index is 0.0346. The zero-order valence-electron chi connectivity index (χ0n) is 16.1. The van der Waals surface area contributed by atoms with Crippen LogP contribution >= 0.6 is 0 Å². The van der Waals surface area contributed by atoms with Crippen LogP contribution in [0.15, 0.2) is 59.5 Å². The molecule has 0 aliphatic rings. The highest BCUT2D eigenvalue weighted by Gasteiger charge is 2.37. The molecule has 0 amide bonds. The fourth-order valence-corrected chi connectivity index (χ4v) is 3.41. The summed E-state index contributed by atoms with van der Waals surface area (Å²) in [5.74, 6) is -1.04. The Kier molecular flexibility index (Phi) is 4.96. The van der Waals surface area contributed by atoms with Crippen molar-refractivity contribution in [2.45, 2.75) is 19.5 Å². The van der Waals surface area contributed by atoms with Crippen LogP contribution in [0, 0.1) is 5.82 Å². The van der Waals surface area contributed by atoms with Crippen molar-refractivity contribution >= 4 is 10.9 Å². The number of nitrogens with zero attached hydrogens (tertiary/aromatic N) is 3. The van der Waals surface area contributed by atoms with E-state index in [1.54, 1.807) is 19.1 Å². The van der Waals surface area contributed by atoms with E-state index < -0.39 is 28.6 Å². The van der Waals surface area contributed by atoms with E-state index in [-0.39, 0.29) is 34.8 Å². The average molecular weight is 429 g/mol. The number of rotatable bonds is 3. The number of aromatic hydroxyl groups is 1. The van der Waals surface area contributed by atoms with E-state index in [0.29, 0.717) is 5.56 Å². The van der Waals surface area contributed by atoms with Gasteiger partial charge in [0, 0.05) is 6.20 Å². The molecule has 0 aliphatic carbocycles. The molecule has 4 rings (SSSR count). The SMILES string of the molecule is CCc1cnc(C(F)(F)F)c2c(=O)n(-c3cccc(F)c3)c(-c3ccccc3O)nc12. The zero-order valence-corrected chi connectivity index (χ0v) is 16.1. The molecule has 9 heteroatoms. The lowest BCUT2D eigenvalue weighted by Gasteiger charge is -2.18. The number of para-hydroxylation sites is 1. The van der Waals surface area contributed by atoms with Gasteiger partial charge in [-0.1, -0.05) is 25.1 Å².